The summed E-state index contributed by atoms with van der Waals surface area (Å²) in [7, 11) is 3.07. The monoisotopic (exact) mass is 498 g/mol. The molecule has 5 rings (SSSR count). The summed E-state index contributed by atoms with van der Waals surface area (Å²) in [6, 6.07) is 20.2. The SMILES string of the molecule is COc1ccc(/C(O)=C2/C(=O)C(=O)N(c3ccc(-c4nccs4)cc3)C2c2ccccc2OC)cc1. The second-order valence-corrected chi connectivity index (χ2v) is 8.92. The molecule has 0 aliphatic carbocycles. The topological polar surface area (TPSA) is 89.0 Å². The van der Waals surface area contributed by atoms with Crippen molar-refractivity contribution in [1.29, 1.82) is 0 Å². The van der Waals surface area contributed by atoms with Crippen molar-refractivity contribution in [1.82, 2.24) is 4.98 Å². The fraction of sp³-hybridized carbons (Fsp3) is 0.107. The zero-order chi connectivity index (χ0) is 25.2. The van der Waals surface area contributed by atoms with E-state index < -0.39 is 17.7 Å². The lowest BCUT2D eigenvalue weighted by Gasteiger charge is -2.26. The van der Waals surface area contributed by atoms with Crippen molar-refractivity contribution in [2.24, 2.45) is 0 Å². The molecule has 3 aromatic carbocycles. The molecule has 1 unspecified atom stereocenters. The smallest absolute Gasteiger partial charge is 0.300 e. The van der Waals surface area contributed by atoms with E-state index in [9.17, 15) is 14.7 Å². The maximum absolute atomic E-state index is 13.4. The molecule has 0 bridgehead atoms. The number of amides is 1. The highest BCUT2D eigenvalue weighted by Gasteiger charge is 2.47. The van der Waals surface area contributed by atoms with Crippen molar-refractivity contribution in [3.63, 3.8) is 0 Å². The maximum Gasteiger partial charge on any atom is 0.300 e. The molecule has 1 aliphatic rings. The van der Waals surface area contributed by atoms with Crippen LogP contribution in [0.15, 0.2) is 89.9 Å². The fourth-order valence-corrected chi connectivity index (χ4v) is 4.96. The number of carbonyl (C=O) groups excluding carboxylic acids is 2. The number of thiazole rings is 1. The largest absolute Gasteiger partial charge is 0.507 e. The molecule has 4 aromatic rings. The highest BCUT2D eigenvalue weighted by atomic mass is 32.1. The van der Waals surface area contributed by atoms with Gasteiger partial charge in [-0.05, 0) is 54.6 Å². The van der Waals surface area contributed by atoms with Gasteiger partial charge in [0.2, 0.25) is 0 Å². The molecule has 1 aliphatic heterocycles. The normalized spacial score (nSPS) is 16.8. The second kappa shape index (κ2) is 9.67. The molecule has 180 valence electrons. The summed E-state index contributed by atoms with van der Waals surface area (Å²) in [5.41, 5.74) is 2.38. The number of para-hydroxylation sites is 1. The minimum Gasteiger partial charge on any atom is -0.507 e. The molecule has 2 heterocycles. The summed E-state index contributed by atoms with van der Waals surface area (Å²) in [4.78, 5) is 32.5. The third-order valence-corrected chi connectivity index (χ3v) is 6.89. The van der Waals surface area contributed by atoms with Gasteiger partial charge in [0.15, 0.2) is 0 Å². The number of ketones is 1. The first kappa shape index (κ1) is 23.3. The van der Waals surface area contributed by atoms with Crippen LogP contribution < -0.4 is 14.4 Å². The fourth-order valence-electron chi connectivity index (χ4n) is 4.32. The van der Waals surface area contributed by atoms with Gasteiger partial charge in [-0.3, -0.25) is 14.5 Å². The Bertz CT molecular complexity index is 1440. The first-order valence-electron chi connectivity index (χ1n) is 11.1. The Balaban J connectivity index is 1.67. The van der Waals surface area contributed by atoms with Gasteiger partial charge < -0.3 is 14.6 Å². The highest BCUT2D eigenvalue weighted by Crippen LogP contribution is 2.45. The maximum atomic E-state index is 13.4. The third kappa shape index (κ3) is 4.01. The number of nitrogens with zero attached hydrogens (tertiary/aromatic N) is 2. The number of benzene rings is 3. The van der Waals surface area contributed by atoms with Crippen LogP contribution in [0.1, 0.15) is 17.2 Å². The number of carbonyl (C=O) groups is 2. The van der Waals surface area contributed by atoms with E-state index in [-0.39, 0.29) is 11.3 Å². The van der Waals surface area contributed by atoms with Gasteiger partial charge in [0.1, 0.15) is 22.3 Å². The quantitative estimate of drug-likeness (QED) is 0.216. The van der Waals surface area contributed by atoms with Crippen molar-refractivity contribution < 1.29 is 24.2 Å². The van der Waals surface area contributed by atoms with Crippen molar-refractivity contribution in [3.05, 3.63) is 101 Å². The van der Waals surface area contributed by atoms with Gasteiger partial charge in [0, 0.05) is 34.0 Å². The molecule has 1 saturated heterocycles. The molecule has 36 heavy (non-hydrogen) atoms. The Morgan fingerprint density at radius 3 is 2.31 bits per heavy atom. The molecule has 1 amide bonds. The standard InChI is InChI=1S/C28H22N2O5S/c1-34-20-13-9-17(10-14-20)25(31)23-24(21-5-3-4-6-22(21)35-2)30(28(33)26(23)32)19-11-7-18(8-12-19)27-29-15-16-36-27/h3-16,24,31H,1-2H3/b25-23-. The predicted molar refractivity (Wildman–Crippen MR) is 138 cm³/mol. The predicted octanol–water partition coefficient (Wildman–Crippen LogP) is 5.45. The van der Waals surface area contributed by atoms with Gasteiger partial charge in [-0.15, -0.1) is 11.3 Å². The van der Waals surface area contributed by atoms with E-state index in [1.807, 2.05) is 17.5 Å². The van der Waals surface area contributed by atoms with E-state index in [1.165, 1.54) is 23.3 Å². The summed E-state index contributed by atoms with van der Waals surface area (Å²) in [6.07, 6.45) is 1.73. The van der Waals surface area contributed by atoms with Gasteiger partial charge in [-0.1, -0.05) is 18.2 Å². The van der Waals surface area contributed by atoms with Gasteiger partial charge in [-0.25, -0.2) is 4.98 Å². The van der Waals surface area contributed by atoms with Gasteiger partial charge in [0.25, 0.3) is 11.7 Å². The summed E-state index contributed by atoms with van der Waals surface area (Å²) in [5.74, 6) is -0.678. The molecule has 0 spiro atoms. The Hall–Kier alpha value is -4.43. The Kier molecular flexibility index (Phi) is 6.26. The summed E-state index contributed by atoms with van der Waals surface area (Å²) in [6.45, 7) is 0. The lowest BCUT2D eigenvalue weighted by atomic mass is 9.94. The van der Waals surface area contributed by atoms with E-state index >= 15 is 0 Å². The second-order valence-electron chi connectivity index (χ2n) is 8.02. The number of aromatic nitrogens is 1. The van der Waals surface area contributed by atoms with Gasteiger partial charge in [-0.2, -0.15) is 0 Å². The van der Waals surface area contributed by atoms with Crippen LogP contribution in [-0.2, 0) is 9.59 Å². The average molecular weight is 499 g/mol. The van der Waals surface area contributed by atoms with Crippen LogP contribution in [0.3, 0.4) is 0 Å². The number of hydrogen-bond acceptors (Lipinski definition) is 7. The lowest BCUT2D eigenvalue weighted by molar-refractivity contribution is -0.132. The van der Waals surface area contributed by atoms with Crippen molar-refractivity contribution in [2.75, 3.05) is 19.1 Å². The van der Waals surface area contributed by atoms with Crippen LogP contribution in [0.2, 0.25) is 0 Å². The molecular weight excluding hydrogens is 476 g/mol. The Labute approximate surface area is 211 Å². The number of hydrogen-bond donors (Lipinski definition) is 1. The third-order valence-electron chi connectivity index (χ3n) is 6.07. The van der Waals surface area contributed by atoms with E-state index in [1.54, 1.807) is 74.0 Å². The number of anilines is 1. The van der Waals surface area contributed by atoms with Crippen molar-refractivity contribution >= 4 is 34.5 Å². The minimum absolute atomic E-state index is 0.0151. The number of rotatable bonds is 6. The van der Waals surface area contributed by atoms with Gasteiger partial charge in [0.05, 0.1) is 25.8 Å². The van der Waals surface area contributed by atoms with Gasteiger partial charge >= 0.3 is 0 Å². The molecule has 1 N–H and O–H groups in total. The first-order chi connectivity index (χ1) is 17.5. The molecule has 1 aromatic heterocycles. The molecule has 0 saturated carbocycles. The summed E-state index contributed by atoms with van der Waals surface area (Å²) in [5, 5.41) is 14.0. The molecule has 8 heteroatoms. The number of ether oxygens (including phenoxy) is 2. The van der Waals surface area contributed by atoms with Crippen LogP contribution in [0.4, 0.5) is 5.69 Å². The van der Waals surface area contributed by atoms with Crippen molar-refractivity contribution in [3.8, 4) is 22.1 Å². The number of methoxy groups -OCH3 is 2. The van der Waals surface area contributed by atoms with Crippen LogP contribution in [0, 0.1) is 0 Å². The molecule has 1 atom stereocenters. The van der Waals surface area contributed by atoms with Crippen molar-refractivity contribution in [2.45, 2.75) is 6.04 Å². The molecule has 7 nitrogen and oxygen atoms in total. The van der Waals surface area contributed by atoms with E-state index in [2.05, 4.69) is 4.98 Å². The molecule has 0 radical (unpaired) electrons. The van der Waals surface area contributed by atoms with E-state index in [0.717, 1.165) is 10.6 Å². The number of aliphatic hydroxyl groups excluding tert-OH is 1. The summed E-state index contributed by atoms with van der Waals surface area (Å²) >= 11 is 1.51. The molecular formula is C28H22N2O5S. The first-order valence-corrected chi connectivity index (χ1v) is 12.0. The Morgan fingerprint density at radius 1 is 0.944 bits per heavy atom. The van der Waals surface area contributed by atoms with Crippen LogP contribution >= 0.6 is 11.3 Å². The highest BCUT2D eigenvalue weighted by molar-refractivity contribution is 7.13. The zero-order valence-electron chi connectivity index (χ0n) is 19.5. The lowest BCUT2D eigenvalue weighted by Crippen LogP contribution is -2.29. The minimum atomic E-state index is -0.894. The van der Waals surface area contributed by atoms with Crippen LogP contribution in [0.5, 0.6) is 11.5 Å². The van der Waals surface area contributed by atoms with Crippen LogP contribution in [-0.4, -0.2) is 36.0 Å². The van der Waals surface area contributed by atoms with Crippen LogP contribution in [0.25, 0.3) is 16.3 Å². The number of aliphatic hydroxyl groups is 1. The zero-order valence-corrected chi connectivity index (χ0v) is 20.4. The van der Waals surface area contributed by atoms with E-state index in [4.69, 9.17) is 9.47 Å². The number of Topliss-reactive ketones (excluding diaryl/α,β-unsaturated/α-hetero) is 1. The summed E-state index contributed by atoms with van der Waals surface area (Å²) < 4.78 is 10.8. The average Bonchev–Trinajstić information content (AvgIpc) is 3.55. The Morgan fingerprint density at radius 2 is 1.67 bits per heavy atom. The van der Waals surface area contributed by atoms with E-state index in [0.29, 0.717) is 28.3 Å². The molecule has 1 fully saturated rings.